The summed E-state index contributed by atoms with van der Waals surface area (Å²) in [6.45, 7) is 14.9. The molecule has 1 aromatic carbocycles. The molecule has 0 fully saturated rings. The molecule has 1 atom stereocenters. The molecule has 0 bridgehead atoms. The van der Waals surface area contributed by atoms with Gasteiger partial charge in [-0.1, -0.05) is 37.8 Å². The van der Waals surface area contributed by atoms with Gasteiger partial charge in [-0.25, -0.2) is 4.39 Å². The first kappa shape index (κ1) is 17.4. The Morgan fingerprint density at radius 2 is 1.65 bits per heavy atom. The van der Waals surface area contributed by atoms with Crippen molar-refractivity contribution in [2.45, 2.75) is 58.4 Å². The third-order valence-corrected chi connectivity index (χ3v) is 5.06. The van der Waals surface area contributed by atoms with Gasteiger partial charge in [0.1, 0.15) is 5.82 Å². The molecule has 1 nitrogen and oxygen atoms in total. The summed E-state index contributed by atoms with van der Waals surface area (Å²) in [5.74, 6) is 0.481. The second kappa shape index (κ2) is 6.86. The molecule has 0 spiro atoms. The Morgan fingerprint density at radius 1 is 1.10 bits per heavy atom. The maximum Gasteiger partial charge on any atom is 0.123 e. The van der Waals surface area contributed by atoms with Gasteiger partial charge in [-0.2, -0.15) is 0 Å². The lowest BCUT2D eigenvalue weighted by atomic mass is 9.99. The average molecular weight is 296 g/mol. The van der Waals surface area contributed by atoms with E-state index in [9.17, 15) is 4.39 Å². The highest BCUT2D eigenvalue weighted by Gasteiger charge is 2.22. The van der Waals surface area contributed by atoms with Gasteiger partial charge < -0.3 is 5.32 Å². The highest BCUT2D eigenvalue weighted by molar-refractivity contribution is 6.76. The molecule has 0 aliphatic rings. The van der Waals surface area contributed by atoms with Crippen LogP contribution in [0.15, 0.2) is 24.3 Å². The summed E-state index contributed by atoms with van der Waals surface area (Å²) >= 11 is 0. The fraction of sp³-hybridized carbons (Fsp3) is 0.647. The fourth-order valence-corrected chi connectivity index (χ4v) is 4.51. The van der Waals surface area contributed by atoms with Crippen LogP contribution in [0.4, 0.5) is 4.39 Å². The van der Waals surface area contributed by atoms with E-state index in [1.54, 1.807) is 12.1 Å². The van der Waals surface area contributed by atoms with Crippen LogP contribution in [0.2, 0.25) is 25.7 Å². The van der Waals surface area contributed by atoms with Crippen molar-refractivity contribution in [3.8, 4) is 0 Å². The minimum atomic E-state index is -1.10. The first-order valence-electron chi connectivity index (χ1n) is 7.55. The van der Waals surface area contributed by atoms with E-state index >= 15 is 0 Å². The summed E-state index contributed by atoms with van der Waals surface area (Å²) in [6.07, 6.45) is 1.04. The van der Waals surface area contributed by atoms with Gasteiger partial charge in [-0.3, -0.25) is 0 Å². The van der Waals surface area contributed by atoms with Gasteiger partial charge in [-0.05, 0) is 57.4 Å². The lowest BCUT2D eigenvalue weighted by Gasteiger charge is -2.29. The second-order valence-corrected chi connectivity index (χ2v) is 13.6. The predicted octanol–water partition coefficient (Wildman–Crippen LogP) is 4.71. The first-order valence-corrected chi connectivity index (χ1v) is 11.3. The number of benzene rings is 1. The van der Waals surface area contributed by atoms with E-state index in [4.69, 9.17) is 0 Å². The van der Waals surface area contributed by atoms with Crippen molar-refractivity contribution in [1.29, 1.82) is 0 Å². The van der Waals surface area contributed by atoms with E-state index in [2.05, 4.69) is 45.7 Å². The van der Waals surface area contributed by atoms with Crippen molar-refractivity contribution < 1.29 is 4.39 Å². The molecule has 0 saturated carbocycles. The smallest absolute Gasteiger partial charge is 0.123 e. The molecule has 1 rings (SSSR count). The van der Waals surface area contributed by atoms with Crippen LogP contribution in [0.1, 0.15) is 26.3 Å². The summed E-state index contributed by atoms with van der Waals surface area (Å²) in [6, 6.07) is 8.27. The Kier molecular flexibility index (Phi) is 5.96. The standard InChI is InChI=1S/C17H30FNSi/c1-17(2,3)19-12-15(13-20(4,5)6)11-14-7-9-16(18)10-8-14/h7-10,15,19H,11-13H2,1-6H3. The van der Waals surface area contributed by atoms with E-state index in [1.807, 2.05) is 12.1 Å². The predicted molar refractivity (Wildman–Crippen MR) is 89.5 cm³/mol. The molecule has 0 radical (unpaired) electrons. The van der Waals surface area contributed by atoms with E-state index in [0.29, 0.717) is 5.92 Å². The highest BCUT2D eigenvalue weighted by Crippen LogP contribution is 2.21. The van der Waals surface area contributed by atoms with Gasteiger partial charge in [0, 0.05) is 13.6 Å². The Morgan fingerprint density at radius 3 is 2.10 bits per heavy atom. The Bertz CT molecular complexity index is 400. The van der Waals surface area contributed by atoms with Crippen LogP contribution in [0, 0.1) is 11.7 Å². The van der Waals surface area contributed by atoms with Crippen LogP contribution in [0.25, 0.3) is 0 Å². The molecule has 0 aliphatic heterocycles. The van der Waals surface area contributed by atoms with Crippen molar-refractivity contribution >= 4 is 8.07 Å². The van der Waals surface area contributed by atoms with Crippen molar-refractivity contribution in [2.75, 3.05) is 6.54 Å². The zero-order chi connectivity index (χ0) is 15.4. The van der Waals surface area contributed by atoms with Gasteiger partial charge >= 0.3 is 0 Å². The molecule has 0 saturated heterocycles. The van der Waals surface area contributed by atoms with Crippen LogP contribution < -0.4 is 5.32 Å². The monoisotopic (exact) mass is 295 g/mol. The van der Waals surface area contributed by atoms with Gasteiger partial charge in [0.15, 0.2) is 0 Å². The normalized spacial score (nSPS) is 14.3. The quantitative estimate of drug-likeness (QED) is 0.749. The van der Waals surface area contributed by atoms with E-state index in [1.165, 1.54) is 11.6 Å². The number of hydrogen-bond acceptors (Lipinski definition) is 1. The van der Waals surface area contributed by atoms with Crippen LogP contribution in [-0.2, 0) is 6.42 Å². The summed E-state index contributed by atoms with van der Waals surface area (Å²) < 4.78 is 13.0. The number of rotatable bonds is 6. The van der Waals surface area contributed by atoms with Crippen LogP contribution in [-0.4, -0.2) is 20.2 Å². The summed E-state index contributed by atoms with van der Waals surface area (Å²) in [5.41, 5.74) is 1.39. The van der Waals surface area contributed by atoms with Crippen molar-refractivity contribution in [3.05, 3.63) is 35.6 Å². The number of hydrogen-bond donors (Lipinski definition) is 1. The molecule has 1 unspecified atom stereocenters. The van der Waals surface area contributed by atoms with Crippen molar-refractivity contribution in [2.24, 2.45) is 5.92 Å². The highest BCUT2D eigenvalue weighted by atomic mass is 28.3. The lowest BCUT2D eigenvalue weighted by molar-refractivity contribution is 0.380. The summed E-state index contributed by atoms with van der Waals surface area (Å²) in [5, 5.41) is 3.62. The Hall–Kier alpha value is -0.673. The van der Waals surface area contributed by atoms with Crippen molar-refractivity contribution in [1.82, 2.24) is 5.32 Å². The topological polar surface area (TPSA) is 12.0 Å². The molecule has 114 valence electrons. The Labute approximate surface area is 125 Å². The van der Waals surface area contributed by atoms with E-state index in [-0.39, 0.29) is 11.4 Å². The van der Waals surface area contributed by atoms with Gasteiger partial charge in [0.2, 0.25) is 0 Å². The van der Waals surface area contributed by atoms with Crippen LogP contribution in [0.3, 0.4) is 0 Å². The summed E-state index contributed by atoms with van der Waals surface area (Å²) in [7, 11) is -1.10. The average Bonchev–Trinajstić information content (AvgIpc) is 2.26. The molecule has 1 aromatic rings. The minimum Gasteiger partial charge on any atom is -0.312 e. The fourth-order valence-electron chi connectivity index (χ4n) is 2.49. The Balaban J connectivity index is 2.69. The van der Waals surface area contributed by atoms with Crippen LogP contribution >= 0.6 is 0 Å². The molecule has 0 aliphatic carbocycles. The SMILES string of the molecule is CC(C)(C)NCC(Cc1ccc(F)cc1)C[Si](C)(C)C. The third-order valence-electron chi connectivity index (χ3n) is 3.26. The maximum absolute atomic E-state index is 13.0. The number of nitrogens with one attached hydrogen (secondary N) is 1. The zero-order valence-corrected chi connectivity index (χ0v) is 14.9. The minimum absolute atomic E-state index is 0.150. The van der Waals surface area contributed by atoms with Gasteiger partial charge in [0.25, 0.3) is 0 Å². The van der Waals surface area contributed by atoms with Gasteiger partial charge in [0.05, 0.1) is 0 Å². The molecule has 3 heteroatoms. The first-order chi connectivity index (χ1) is 9.05. The maximum atomic E-state index is 13.0. The van der Waals surface area contributed by atoms with E-state index in [0.717, 1.165) is 13.0 Å². The molecule has 0 aromatic heterocycles. The second-order valence-electron chi connectivity index (χ2n) is 8.09. The van der Waals surface area contributed by atoms with Gasteiger partial charge in [-0.15, -0.1) is 0 Å². The number of halogens is 1. The molecule has 20 heavy (non-hydrogen) atoms. The van der Waals surface area contributed by atoms with E-state index < -0.39 is 8.07 Å². The molecule has 1 N–H and O–H groups in total. The molecule has 0 heterocycles. The lowest BCUT2D eigenvalue weighted by Crippen LogP contribution is -2.41. The molecular formula is C17H30FNSi. The van der Waals surface area contributed by atoms with Crippen LogP contribution in [0.5, 0.6) is 0 Å². The summed E-state index contributed by atoms with van der Waals surface area (Å²) in [4.78, 5) is 0. The molecule has 0 amide bonds. The third kappa shape index (κ3) is 7.80. The zero-order valence-electron chi connectivity index (χ0n) is 13.9. The molecular weight excluding hydrogens is 265 g/mol. The largest absolute Gasteiger partial charge is 0.312 e. The van der Waals surface area contributed by atoms with Crippen molar-refractivity contribution in [3.63, 3.8) is 0 Å².